The average Bonchev–Trinajstić information content (AvgIpc) is 2.26. The summed E-state index contributed by atoms with van der Waals surface area (Å²) in [7, 11) is 0. The van der Waals surface area contributed by atoms with E-state index in [2.05, 4.69) is 16.0 Å². The van der Waals surface area contributed by atoms with Gasteiger partial charge in [-0.05, 0) is 60.5 Å². The molecule has 0 aromatic carbocycles. The van der Waals surface area contributed by atoms with Crippen LogP contribution < -0.4 is 16.0 Å². The molecule has 0 radical (unpaired) electrons. The molecule has 2 amide bonds. The molecule has 0 atom stereocenters. The molecular weight excluding hydrogens is 258 g/mol. The maximum Gasteiger partial charge on any atom is 0.408 e. The van der Waals surface area contributed by atoms with E-state index in [1.165, 1.54) is 0 Å². The third-order valence-electron chi connectivity index (χ3n) is 3.06. The fraction of sp³-hybridized carbons (Fsp3) is 0.857. The van der Waals surface area contributed by atoms with Crippen LogP contribution >= 0.6 is 0 Å². The topological polar surface area (TPSA) is 79.5 Å². The Morgan fingerprint density at radius 2 is 1.65 bits per heavy atom. The molecule has 1 fully saturated rings. The van der Waals surface area contributed by atoms with Gasteiger partial charge >= 0.3 is 6.09 Å². The lowest BCUT2D eigenvalue weighted by molar-refractivity contribution is -0.127. The average molecular weight is 285 g/mol. The van der Waals surface area contributed by atoms with Crippen molar-refractivity contribution in [2.24, 2.45) is 0 Å². The minimum Gasteiger partial charge on any atom is -0.444 e. The Kier molecular flexibility index (Phi) is 5.39. The Bertz CT molecular complexity index is 355. The van der Waals surface area contributed by atoms with Gasteiger partial charge in [0.15, 0.2) is 0 Å². The number of hydrogen-bond acceptors (Lipinski definition) is 4. The number of ether oxygens (including phenoxy) is 1. The highest BCUT2D eigenvalue weighted by atomic mass is 16.6. The van der Waals surface area contributed by atoms with Crippen molar-refractivity contribution in [2.45, 2.75) is 64.6 Å². The van der Waals surface area contributed by atoms with Crippen LogP contribution in [0.1, 0.15) is 47.5 Å². The van der Waals surface area contributed by atoms with Crippen molar-refractivity contribution in [3.05, 3.63) is 0 Å². The van der Waals surface area contributed by atoms with E-state index in [0.717, 1.165) is 25.9 Å². The van der Waals surface area contributed by atoms with E-state index >= 15 is 0 Å². The van der Waals surface area contributed by atoms with E-state index in [-0.39, 0.29) is 11.9 Å². The Labute approximate surface area is 121 Å². The molecular formula is C14H27N3O3. The van der Waals surface area contributed by atoms with Crippen LogP contribution in [-0.2, 0) is 9.53 Å². The molecule has 0 bridgehead atoms. The van der Waals surface area contributed by atoms with Crippen molar-refractivity contribution in [3.8, 4) is 0 Å². The van der Waals surface area contributed by atoms with E-state index < -0.39 is 17.2 Å². The molecule has 1 rings (SSSR count). The second kappa shape index (κ2) is 6.43. The quantitative estimate of drug-likeness (QED) is 0.727. The Balaban J connectivity index is 2.49. The summed E-state index contributed by atoms with van der Waals surface area (Å²) in [5, 5.41) is 8.84. The summed E-state index contributed by atoms with van der Waals surface area (Å²) in [6.07, 6.45) is 1.24. The van der Waals surface area contributed by atoms with E-state index in [1.54, 1.807) is 34.6 Å². The van der Waals surface area contributed by atoms with Crippen molar-refractivity contribution in [2.75, 3.05) is 13.1 Å². The summed E-state index contributed by atoms with van der Waals surface area (Å²) in [4.78, 5) is 24.0. The van der Waals surface area contributed by atoms with Crippen molar-refractivity contribution >= 4 is 12.0 Å². The van der Waals surface area contributed by atoms with Gasteiger partial charge in [0.05, 0.1) is 0 Å². The molecule has 1 aliphatic heterocycles. The van der Waals surface area contributed by atoms with Gasteiger partial charge in [-0.15, -0.1) is 0 Å². The van der Waals surface area contributed by atoms with Gasteiger partial charge in [-0.1, -0.05) is 0 Å². The second-order valence-corrected chi connectivity index (χ2v) is 6.75. The summed E-state index contributed by atoms with van der Waals surface area (Å²) in [6, 6.07) is 0.170. The number of piperidine rings is 1. The summed E-state index contributed by atoms with van der Waals surface area (Å²) < 4.78 is 5.17. The van der Waals surface area contributed by atoms with Crippen LogP contribution in [0.15, 0.2) is 0 Å². The van der Waals surface area contributed by atoms with Gasteiger partial charge in [-0.2, -0.15) is 0 Å². The zero-order valence-electron chi connectivity index (χ0n) is 13.1. The predicted octanol–water partition coefficient (Wildman–Crippen LogP) is 1.16. The van der Waals surface area contributed by atoms with Crippen molar-refractivity contribution in [1.29, 1.82) is 0 Å². The Hall–Kier alpha value is -1.30. The van der Waals surface area contributed by atoms with Crippen molar-refractivity contribution in [1.82, 2.24) is 16.0 Å². The highest BCUT2D eigenvalue weighted by Crippen LogP contribution is 2.11. The lowest BCUT2D eigenvalue weighted by Gasteiger charge is -2.31. The van der Waals surface area contributed by atoms with E-state index in [4.69, 9.17) is 4.74 Å². The monoisotopic (exact) mass is 285 g/mol. The number of amides is 2. The summed E-state index contributed by atoms with van der Waals surface area (Å²) in [5.74, 6) is -0.185. The molecule has 0 saturated carbocycles. The SMILES string of the molecule is CC(C)(C)OC(=O)NC(C)(C)C(=O)NC1CCNCC1. The van der Waals surface area contributed by atoms with Gasteiger partial charge in [0.1, 0.15) is 11.1 Å². The molecule has 6 nitrogen and oxygen atoms in total. The van der Waals surface area contributed by atoms with Gasteiger partial charge in [0.2, 0.25) is 5.91 Å². The van der Waals surface area contributed by atoms with Crippen LogP contribution in [0.5, 0.6) is 0 Å². The number of nitrogens with one attached hydrogen (secondary N) is 3. The van der Waals surface area contributed by atoms with Gasteiger partial charge in [0, 0.05) is 6.04 Å². The Morgan fingerprint density at radius 3 is 2.15 bits per heavy atom. The van der Waals surface area contributed by atoms with Gasteiger partial charge in [-0.25, -0.2) is 4.79 Å². The summed E-state index contributed by atoms with van der Waals surface area (Å²) in [6.45, 7) is 10.5. The van der Waals surface area contributed by atoms with E-state index in [1.807, 2.05) is 0 Å². The highest BCUT2D eigenvalue weighted by Gasteiger charge is 2.32. The van der Waals surface area contributed by atoms with E-state index in [9.17, 15) is 9.59 Å². The molecule has 3 N–H and O–H groups in total. The van der Waals surface area contributed by atoms with Gasteiger partial charge in [-0.3, -0.25) is 4.79 Å². The van der Waals surface area contributed by atoms with E-state index in [0.29, 0.717) is 0 Å². The second-order valence-electron chi connectivity index (χ2n) is 6.75. The normalized spacial score (nSPS) is 17.4. The predicted molar refractivity (Wildman–Crippen MR) is 77.5 cm³/mol. The first kappa shape index (κ1) is 16.8. The standard InChI is InChI=1S/C14H27N3O3/c1-13(2,3)20-12(19)17-14(4,5)11(18)16-10-6-8-15-9-7-10/h10,15H,6-9H2,1-5H3,(H,16,18)(H,17,19). The molecule has 1 saturated heterocycles. The molecule has 6 heteroatoms. The van der Waals surface area contributed by atoms with Gasteiger partial charge in [0.25, 0.3) is 0 Å². The molecule has 116 valence electrons. The smallest absolute Gasteiger partial charge is 0.408 e. The molecule has 0 aliphatic carbocycles. The van der Waals surface area contributed by atoms with Crippen LogP contribution in [0.3, 0.4) is 0 Å². The first-order valence-electron chi connectivity index (χ1n) is 7.13. The molecule has 1 heterocycles. The van der Waals surface area contributed by atoms with Crippen LogP contribution in [0.2, 0.25) is 0 Å². The number of rotatable bonds is 3. The maximum absolute atomic E-state index is 12.2. The minimum absolute atomic E-state index is 0.170. The highest BCUT2D eigenvalue weighted by molar-refractivity contribution is 5.89. The van der Waals surface area contributed by atoms with Crippen molar-refractivity contribution in [3.63, 3.8) is 0 Å². The van der Waals surface area contributed by atoms with Crippen LogP contribution in [0.25, 0.3) is 0 Å². The third-order valence-corrected chi connectivity index (χ3v) is 3.06. The molecule has 0 spiro atoms. The first-order chi connectivity index (χ1) is 9.10. The maximum atomic E-state index is 12.2. The summed E-state index contributed by atoms with van der Waals surface area (Å²) in [5.41, 5.74) is -1.57. The fourth-order valence-electron chi connectivity index (χ4n) is 1.95. The molecule has 20 heavy (non-hydrogen) atoms. The van der Waals surface area contributed by atoms with Gasteiger partial charge < -0.3 is 20.7 Å². The fourth-order valence-corrected chi connectivity index (χ4v) is 1.95. The number of hydrogen-bond donors (Lipinski definition) is 3. The Morgan fingerprint density at radius 1 is 1.10 bits per heavy atom. The lowest BCUT2D eigenvalue weighted by Crippen LogP contribution is -2.58. The zero-order chi connectivity index (χ0) is 15.4. The van der Waals surface area contributed by atoms with Crippen LogP contribution in [0.4, 0.5) is 4.79 Å². The number of carbonyl (C=O) groups is 2. The molecule has 0 aromatic rings. The van der Waals surface area contributed by atoms with Crippen LogP contribution in [-0.4, -0.2) is 42.3 Å². The molecule has 0 aromatic heterocycles. The largest absolute Gasteiger partial charge is 0.444 e. The molecule has 1 aliphatic rings. The third kappa shape index (κ3) is 5.77. The number of alkyl carbamates (subject to hydrolysis) is 1. The number of carbonyl (C=O) groups excluding carboxylic acids is 2. The van der Waals surface area contributed by atoms with Crippen LogP contribution in [0, 0.1) is 0 Å². The lowest BCUT2D eigenvalue weighted by atomic mass is 10.0. The zero-order valence-corrected chi connectivity index (χ0v) is 13.1. The summed E-state index contributed by atoms with van der Waals surface area (Å²) >= 11 is 0. The molecule has 0 unspecified atom stereocenters. The minimum atomic E-state index is -0.993. The first-order valence-corrected chi connectivity index (χ1v) is 7.13. The van der Waals surface area contributed by atoms with Crippen molar-refractivity contribution < 1.29 is 14.3 Å².